The second-order valence-corrected chi connectivity index (χ2v) is 7.84. The molecule has 0 radical (unpaired) electrons. The molecule has 7 nitrogen and oxygen atoms in total. The molecule has 1 saturated heterocycles. The van der Waals surface area contributed by atoms with Crippen LogP contribution in [0, 0.1) is 13.8 Å². The van der Waals surface area contributed by atoms with E-state index in [9.17, 15) is 0 Å². The average molecular weight is 431 g/mol. The molecule has 0 N–H and O–H groups in total. The van der Waals surface area contributed by atoms with E-state index in [0.29, 0.717) is 18.1 Å². The Hall–Kier alpha value is -3.58. The lowest BCUT2D eigenvalue weighted by atomic mass is 10.0. The first kappa shape index (κ1) is 20.3. The molecule has 1 fully saturated rings. The van der Waals surface area contributed by atoms with Gasteiger partial charge < -0.3 is 18.7 Å². The zero-order valence-corrected chi connectivity index (χ0v) is 18.4. The molecular weight excluding hydrogens is 406 g/mol. The molecule has 5 rings (SSSR count). The predicted octanol–water partition coefficient (Wildman–Crippen LogP) is 4.99. The van der Waals surface area contributed by atoms with E-state index in [1.54, 1.807) is 13.3 Å². The fourth-order valence-corrected chi connectivity index (χ4v) is 4.11. The first-order valence-corrected chi connectivity index (χ1v) is 10.6. The number of benzene rings is 2. The monoisotopic (exact) mass is 431 g/mol. The van der Waals surface area contributed by atoms with Crippen LogP contribution in [-0.2, 0) is 4.74 Å². The van der Waals surface area contributed by atoms with Crippen molar-refractivity contribution in [1.82, 2.24) is 14.9 Å². The van der Waals surface area contributed by atoms with Crippen LogP contribution in [0.25, 0.3) is 28.1 Å². The smallest absolute Gasteiger partial charge is 0.162 e. The van der Waals surface area contributed by atoms with Crippen molar-refractivity contribution in [3.63, 3.8) is 0 Å². The summed E-state index contributed by atoms with van der Waals surface area (Å²) < 4.78 is 24.3. The summed E-state index contributed by atoms with van der Waals surface area (Å²) in [6, 6.07) is 16.2. The minimum absolute atomic E-state index is 0.0425. The maximum Gasteiger partial charge on any atom is 0.162 e. The summed E-state index contributed by atoms with van der Waals surface area (Å²) in [6.07, 6.45) is 2.72. The number of methoxy groups -OCH3 is 1. The van der Waals surface area contributed by atoms with Crippen molar-refractivity contribution in [2.45, 2.75) is 26.4 Å². The Kier molecular flexibility index (Phi) is 5.41. The predicted molar refractivity (Wildman–Crippen MR) is 120 cm³/mol. The quantitative estimate of drug-likeness (QED) is 0.428. The van der Waals surface area contributed by atoms with Crippen molar-refractivity contribution in [2.75, 3.05) is 20.3 Å². The molecule has 1 atom stereocenters. The standard InChI is InChI=1S/C25H25N3O4/c1-16-25(17(2)32-27-16)18-4-7-20(8-5-18)28-22(10-12-26-28)19-6-9-23(29-3)24(14-19)31-21-11-13-30-15-21/h4-10,12,14,21H,11,13,15H2,1-3H3. The van der Waals surface area contributed by atoms with Gasteiger partial charge in [0.25, 0.3) is 0 Å². The van der Waals surface area contributed by atoms with Crippen molar-refractivity contribution in [2.24, 2.45) is 0 Å². The average Bonchev–Trinajstić information content (AvgIpc) is 3.56. The molecule has 0 amide bonds. The number of ether oxygens (including phenoxy) is 3. The third-order valence-corrected chi connectivity index (χ3v) is 5.72. The molecule has 0 saturated carbocycles. The van der Waals surface area contributed by atoms with E-state index >= 15 is 0 Å². The Labute approximate surface area is 186 Å². The highest BCUT2D eigenvalue weighted by Gasteiger charge is 2.20. The largest absolute Gasteiger partial charge is 0.493 e. The van der Waals surface area contributed by atoms with Gasteiger partial charge in [-0.1, -0.05) is 17.3 Å². The maximum absolute atomic E-state index is 6.17. The first-order chi connectivity index (χ1) is 15.6. The number of hydrogen-bond donors (Lipinski definition) is 0. The Morgan fingerprint density at radius 1 is 1.00 bits per heavy atom. The lowest BCUT2D eigenvalue weighted by Gasteiger charge is -2.16. The third kappa shape index (κ3) is 3.76. The molecular formula is C25H25N3O4. The van der Waals surface area contributed by atoms with Crippen molar-refractivity contribution in [3.8, 4) is 39.6 Å². The van der Waals surface area contributed by atoms with Gasteiger partial charge in [-0.05, 0) is 55.8 Å². The minimum atomic E-state index is 0.0425. The van der Waals surface area contributed by atoms with Gasteiger partial charge in [0.1, 0.15) is 11.9 Å². The van der Waals surface area contributed by atoms with Gasteiger partial charge in [-0.25, -0.2) is 4.68 Å². The van der Waals surface area contributed by atoms with Crippen molar-refractivity contribution < 1.29 is 18.7 Å². The van der Waals surface area contributed by atoms with E-state index in [4.69, 9.17) is 18.7 Å². The molecule has 0 spiro atoms. The second-order valence-electron chi connectivity index (χ2n) is 7.84. The van der Waals surface area contributed by atoms with Gasteiger partial charge in [0.2, 0.25) is 0 Å². The van der Waals surface area contributed by atoms with Crippen LogP contribution >= 0.6 is 0 Å². The molecule has 1 aliphatic rings. The van der Waals surface area contributed by atoms with Crippen LogP contribution < -0.4 is 9.47 Å². The SMILES string of the molecule is COc1ccc(-c2ccnn2-c2ccc(-c3c(C)noc3C)cc2)cc1OC1CCOC1. The van der Waals surface area contributed by atoms with E-state index < -0.39 is 0 Å². The van der Waals surface area contributed by atoms with Crippen LogP contribution in [0.4, 0.5) is 0 Å². The highest BCUT2D eigenvalue weighted by molar-refractivity contribution is 5.70. The van der Waals surface area contributed by atoms with Crippen LogP contribution in [0.3, 0.4) is 0 Å². The van der Waals surface area contributed by atoms with Crippen LogP contribution in [0.5, 0.6) is 11.5 Å². The first-order valence-electron chi connectivity index (χ1n) is 10.6. The van der Waals surface area contributed by atoms with Gasteiger partial charge in [0, 0.05) is 17.5 Å². The zero-order valence-electron chi connectivity index (χ0n) is 18.4. The maximum atomic E-state index is 6.17. The van der Waals surface area contributed by atoms with E-state index in [1.807, 2.05) is 42.8 Å². The molecule has 164 valence electrons. The number of nitrogens with zero attached hydrogens (tertiary/aromatic N) is 3. The highest BCUT2D eigenvalue weighted by Crippen LogP contribution is 2.35. The Morgan fingerprint density at radius 3 is 2.50 bits per heavy atom. The van der Waals surface area contributed by atoms with Gasteiger partial charge in [0.05, 0.1) is 43.6 Å². The topological polar surface area (TPSA) is 71.5 Å². The normalized spacial score (nSPS) is 15.8. The second kappa shape index (κ2) is 8.51. The summed E-state index contributed by atoms with van der Waals surface area (Å²) in [5.41, 5.74) is 5.90. The lowest BCUT2D eigenvalue weighted by molar-refractivity contribution is 0.138. The highest BCUT2D eigenvalue weighted by atomic mass is 16.6. The van der Waals surface area contributed by atoms with Gasteiger partial charge in [-0.2, -0.15) is 5.10 Å². The number of hydrogen-bond acceptors (Lipinski definition) is 6. The lowest BCUT2D eigenvalue weighted by Crippen LogP contribution is -2.16. The molecule has 2 aromatic carbocycles. The molecule has 0 aliphatic carbocycles. The molecule has 1 unspecified atom stereocenters. The Balaban J connectivity index is 1.47. The minimum Gasteiger partial charge on any atom is -0.493 e. The summed E-state index contributed by atoms with van der Waals surface area (Å²) in [7, 11) is 1.65. The molecule has 0 bridgehead atoms. The third-order valence-electron chi connectivity index (χ3n) is 5.72. The molecule has 32 heavy (non-hydrogen) atoms. The van der Waals surface area contributed by atoms with Crippen LogP contribution in [0.1, 0.15) is 17.9 Å². The van der Waals surface area contributed by atoms with E-state index in [2.05, 4.69) is 34.5 Å². The Bertz CT molecular complexity index is 1200. The number of rotatable bonds is 6. The fraction of sp³-hybridized carbons (Fsp3) is 0.280. The summed E-state index contributed by atoms with van der Waals surface area (Å²) in [5.74, 6) is 2.23. The van der Waals surface area contributed by atoms with Crippen LogP contribution in [0.2, 0.25) is 0 Å². The summed E-state index contributed by atoms with van der Waals surface area (Å²) in [5, 5.41) is 8.61. The zero-order chi connectivity index (χ0) is 22.1. The van der Waals surface area contributed by atoms with Crippen LogP contribution in [-0.4, -0.2) is 41.4 Å². The Morgan fingerprint density at radius 2 is 1.81 bits per heavy atom. The van der Waals surface area contributed by atoms with Crippen LogP contribution in [0.15, 0.2) is 59.3 Å². The molecule has 3 heterocycles. The summed E-state index contributed by atoms with van der Waals surface area (Å²) in [6.45, 7) is 5.20. The van der Waals surface area contributed by atoms with Crippen molar-refractivity contribution in [3.05, 3.63) is 66.2 Å². The van der Waals surface area contributed by atoms with Crippen molar-refractivity contribution >= 4 is 0 Å². The van der Waals surface area contributed by atoms with E-state index in [-0.39, 0.29) is 6.10 Å². The fourth-order valence-electron chi connectivity index (χ4n) is 4.11. The van der Waals surface area contributed by atoms with Gasteiger partial charge in [-0.15, -0.1) is 0 Å². The van der Waals surface area contributed by atoms with E-state index in [0.717, 1.165) is 52.6 Å². The van der Waals surface area contributed by atoms with Gasteiger partial charge in [-0.3, -0.25) is 0 Å². The van der Waals surface area contributed by atoms with E-state index in [1.165, 1.54) is 0 Å². The molecule has 7 heteroatoms. The molecule has 4 aromatic rings. The van der Waals surface area contributed by atoms with Gasteiger partial charge >= 0.3 is 0 Å². The molecule has 1 aliphatic heterocycles. The number of aromatic nitrogens is 3. The van der Waals surface area contributed by atoms with Crippen molar-refractivity contribution in [1.29, 1.82) is 0 Å². The summed E-state index contributed by atoms with van der Waals surface area (Å²) >= 11 is 0. The number of aryl methyl sites for hydroxylation is 2. The summed E-state index contributed by atoms with van der Waals surface area (Å²) in [4.78, 5) is 0. The van der Waals surface area contributed by atoms with Gasteiger partial charge in [0.15, 0.2) is 11.5 Å². The molecule has 2 aromatic heterocycles.